The molecule has 0 aliphatic carbocycles. The summed E-state index contributed by atoms with van der Waals surface area (Å²) >= 11 is 1.83. The minimum Gasteiger partial charge on any atom is -0.330 e. The van der Waals surface area contributed by atoms with Crippen LogP contribution in [0.15, 0.2) is 36.4 Å². The average Bonchev–Trinajstić information content (AvgIpc) is 2.29. The first-order valence-corrected chi connectivity index (χ1v) is 6.18. The van der Waals surface area contributed by atoms with Crippen molar-refractivity contribution >= 4 is 22.7 Å². The van der Waals surface area contributed by atoms with Gasteiger partial charge in [0.25, 0.3) is 0 Å². The summed E-state index contributed by atoms with van der Waals surface area (Å²) in [6, 6.07) is 12.4. The van der Waals surface area contributed by atoms with Crippen molar-refractivity contribution in [3.63, 3.8) is 0 Å². The molecule has 2 nitrogen and oxygen atoms in total. The van der Waals surface area contributed by atoms with E-state index < -0.39 is 0 Å². The Morgan fingerprint density at radius 3 is 2.87 bits per heavy atom. The molecule has 1 aromatic heterocycles. The van der Waals surface area contributed by atoms with E-state index in [4.69, 9.17) is 5.73 Å². The normalized spacial score (nSPS) is 10.7. The van der Waals surface area contributed by atoms with E-state index in [0.717, 1.165) is 29.3 Å². The number of nitrogens with zero attached hydrogens (tertiary/aromatic N) is 1. The molecular formula is C12H14N2S. The van der Waals surface area contributed by atoms with E-state index in [1.165, 1.54) is 5.39 Å². The molecule has 0 saturated carbocycles. The molecule has 0 fully saturated rings. The van der Waals surface area contributed by atoms with Gasteiger partial charge in [0.2, 0.25) is 0 Å². The highest BCUT2D eigenvalue weighted by atomic mass is 32.2. The van der Waals surface area contributed by atoms with Gasteiger partial charge in [0.15, 0.2) is 0 Å². The van der Waals surface area contributed by atoms with Crippen molar-refractivity contribution in [1.29, 1.82) is 0 Å². The topological polar surface area (TPSA) is 38.9 Å². The summed E-state index contributed by atoms with van der Waals surface area (Å²) < 4.78 is 0. The minimum atomic E-state index is 0.734. The van der Waals surface area contributed by atoms with Gasteiger partial charge in [-0.3, -0.25) is 4.98 Å². The Balaban J connectivity index is 2.16. The molecule has 2 aromatic rings. The molecule has 3 heteroatoms. The quantitative estimate of drug-likeness (QED) is 0.801. The van der Waals surface area contributed by atoms with Gasteiger partial charge in [-0.2, -0.15) is 11.8 Å². The second-order valence-electron chi connectivity index (χ2n) is 3.34. The van der Waals surface area contributed by atoms with Crippen LogP contribution >= 0.6 is 11.8 Å². The molecule has 0 atom stereocenters. The lowest BCUT2D eigenvalue weighted by Gasteiger charge is -2.02. The fourth-order valence-electron chi connectivity index (χ4n) is 1.45. The highest BCUT2D eigenvalue weighted by Gasteiger charge is 1.97. The number of fused-ring (bicyclic) bond motifs is 1. The van der Waals surface area contributed by atoms with E-state index in [0.29, 0.717) is 0 Å². The van der Waals surface area contributed by atoms with Crippen molar-refractivity contribution < 1.29 is 0 Å². The molecule has 0 saturated heterocycles. The second kappa shape index (κ2) is 5.14. The molecule has 2 rings (SSSR count). The zero-order chi connectivity index (χ0) is 10.5. The standard InChI is InChI=1S/C12H14N2S/c13-7-8-15-9-11-6-5-10-3-1-2-4-12(10)14-11/h1-6H,7-9,13H2. The van der Waals surface area contributed by atoms with E-state index in [1.54, 1.807) is 0 Å². The Hall–Kier alpha value is -1.06. The summed E-state index contributed by atoms with van der Waals surface area (Å²) in [6.45, 7) is 0.734. The van der Waals surface area contributed by atoms with Gasteiger partial charge in [0, 0.05) is 23.4 Å². The van der Waals surface area contributed by atoms with Gasteiger partial charge in [0.05, 0.1) is 11.2 Å². The van der Waals surface area contributed by atoms with E-state index in [9.17, 15) is 0 Å². The summed E-state index contributed by atoms with van der Waals surface area (Å²) in [6.07, 6.45) is 0. The molecule has 78 valence electrons. The van der Waals surface area contributed by atoms with Crippen LogP contribution < -0.4 is 5.73 Å². The lowest BCUT2D eigenvalue weighted by atomic mass is 10.2. The van der Waals surface area contributed by atoms with Crippen LogP contribution in [0.4, 0.5) is 0 Å². The lowest BCUT2D eigenvalue weighted by molar-refractivity contribution is 1.14. The van der Waals surface area contributed by atoms with Gasteiger partial charge >= 0.3 is 0 Å². The molecule has 2 N–H and O–H groups in total. The highest BCUT2D eigenvalue weighted by molar-refractivity contribution is 7.98. The average molecular weight is 218 g/mol. The number of nitrogens with two attached hydrogens (primary N) is 1. The van der Waals surface area contributed by atoms with E-state index in [2.05, 4.69) is 23.2 Å². The maximum Gasteiger partial charge on any atom is 0.0705 e. The van der Waals surface area contributed by atoms with Gasteiger partial charge < -0.3 is 5.73 Å². The Morgan fingerprint density at radius 1 is 1.13 bits per heavy atom. The fourth-order valence-corrected chi connectivity index (χ4v) is 2.13. The number of hydrogen-bond acceptors (Lipinski definition) is 3. The molecular weight excluding hydrogens is 204 g/mol. The molecule has 0 aliphatic rings. The molecule has 0 spiro atoms. The fraction of sp³-hybridized carbons (Fsp3) is 0.250. The molecule has 0 aliphatic heterocycles. The molecule has 1 heterocycles. The van der Waals surface area contributed by atoms with Gasteiger partial charge in [-0.25, -0.2) is 0 Å². The zero-order valence-electron chi connectivity index (χ0n) is 8.52. The molecule has 0 amide bonds. The number of hydrogen-bond donors (Lipinski definition) is 1. The van der Waals surface area contributed by atoms with Crippen LogP contribution in [-0.4, -0.2) is 17.3 Å². The zero-order valence-corrected chi connectivity index (χ0v) is 9.33. The second-order valence-corrected chi connectivity index (χ2v) is 4.44. The van der Waals surface area contributed by atoms with Crippen molar-refractivity contribution in [2.75, 3.05) is 12.3 Å². The number of pyridine rings is 1. The molecule has 0 bridgehead atoms. The van der Waals surface area contributed by atoms with Gasteiger partial charge in [-0.15, -0.1) is 0 Å². The smallest absolute Gasteiger partial charge is 0.0705 e. The third-order valence-corrected chi connectivity index (χ3v) is 3.19. The lowest BCUT2D eigenvalue weighted by Crippen LogP contribution is -2.01. The van der Waals surface area contributed by atoms with Crippen molar-refractivity contribution in [3.05, 3.63) is 42.1 Å². The van der Waals surface area contributed by atoms with Gasteiger partial charge in [-0.1, -0.05) is 24.3 Å². The van der Waals surface area contributed by atoms with Gasteiger partial charge in [0.1, 0.15) is 0 Å². The summed E-state index contributed by atoms with van der Waals surface area (Å²) in [5, 5.41) is 1.20. The Morgan fingerprint density at radius 2 is 2.00 bits per heavy atom. The SMILES string of the molecule is NCCSCc1ccc2ccccc2n1. The third kappa shape index (κ3) is 2.70. The van der Waals surface area contributed by atoms with Crippen molar-refractivity contribution in [3.8, 4) is 0 Å². The molecule has 1 aromatic carbocycles. The predicted molar refractivity (Wildman–Crippen MR) is 67.0 cm³/mol. The van der Waals surface area contributed by atoms with Crippen LogP contribution in [0.5, 0.6) is 0 Å². The number of thioether (sulfide) groups is 1. The summed E-state index contributed by atoms with van der Waals surface area (Å²) in [5.74, 6) is 1.94. The largest absolute Gasteiger partial charge is 0.330 e. The first kappa shape index (κ1) is 10.5. The van der Waals surface area contributed by atoms with E-state index >= 15 is 0 Å². The summed E-state index contributed by atoms with van der Waals surface area (Å²) in [5.41, 5.74) is 7.65. The van der Waals surface area contributed by atoms with Crippen molar-refractivity contribution in [2.45, 2.75) is 5.75 Å². The predicted octanol–water partition coefficient (Wildman–Crippen LogP) is 2.43. The Labute approximate surface area is 93.9 Å². The van der Waals surface area contributed by atoms with Crippen LogP contribution in [0, 0.1) is 0 Å². The Kier molecular flexibility index (Phi) is 3.59. The minimum absolute atomic E-state index is 0.734. The molecule has 0 unspecified atom stereocenters. The first-order valence-electron chi connectivity index (χ1n) is 5.02. The van der Waals surface area contributed by atoms with Crippen molar-refractivity contribution in [1.82, 2.24) is 4.98 Å². The number of benzene rings is 1. The van der Waals surface area contributed by atoms with Gasteiger partial charge in [-0.05, 0) is 12.1 Å². The first-order chi connectivity index (χ1) is 7.40. The summed E-state index contributed by atoms with van der Waals surface area (Å²) in [4.78, 5) is 4.59. The van der Waals surface area contributed by atoms with Crippen LogP contribution in [0.2, 0.25) is 0 Å². The Bertz CT molecular complexity index is 442. The molecule has 0 radical (unpaired) electrons. The van der Waals surface area contributed by atoms with Crippen LogP contribution in [0.3, 0.4) is 0 Å². The van der Waals surface area contributed by atoms with E-state index in [1.807, 2.05) is 30.0 Å². The maximum atomic E-state index is 5.44. The van der Waals surface area contributed by atoms with E-state index in [-0.39, 0.29) is 0 Å². The van der Waals surface area contributed by atoms with Crippen LogP contribution in [-0.2, 0) is 5.75 Å². The van der Waals surface area contributed by atoms with Crippen molar-refractivity contribution in [2.24, 2.45) is 5.73 Å². The summed E-state index contributed by atoms with van der Waals surface area (Å²) in [7, 11) is 0. The third-order valence-electron chi connectivity index (χ3n) is 2.17. The number of rotatable bonds is 4. The van der Waals surface area contributed by atoms with Crippen LogP contribution in [0.1, 0.15) is 5.69 Å². The molecule has 15 heavy (non-hydrogen) atoms. The monoisotopic (exact) mass is 218 g/mol. The van der Waals surface area contributed by atoms with Crippen LogP contribution in [0.25, 0.3) is 10.9 Å². The highest BCUT2D eigenvalue weighted by Crippen LogP contribution is 2.15. The number of para-hydroxylation sites is 1. The maximum absolute atomic E-state index is 5.44. The number of aromatic nitrogens is 1.